The Morgan fingerprint density at radius 1 is 1.12 bits per heavy atom. The Labute approximate surface area is 149 Å². The van der Waals surface area contributed by atoms with Crippen molar-refractivity contribution in [2.24, 2.45) is 0 Å². The van der Waals surface area contributed by atoms with Gasteiger partial charge in [-0.3, -0.25) is 9.52 Å². The molecular formula is C17H16N4O4S. The highest BCUT2D eigenvalue weighted by atomic mass is 32.2. The van der Waals surface area contributed by atoms with Crippen LogP contribution in [0.1, 0.15) is 10.4 Å². The van der Waals surface area contributed by atoms with Crippen LogP contribution in [0.5, 0.6) is 0 Å². The number of H-pyrrole nitrogens is 2. The largest absolute Gasteiger partial charge is 0.349 e. The number of imidazole rings is 1. The van der Waals surface area contributed by atoms with E-state index < -0.39 is 21.6 Å². The van der Waals surface area contributed by atoms with Crippen LogP contribution in [0.3, 0.4) is 0 Å². The van der Waals surface area contributed by atoms with E-state index in [-0.39, 0.29) is 22.7 Å². The van der Waals surface area contributed by atoms with Crippen LogP contribution >= 0.6 is 0 Å². The molecule has 1 aromatic heterocycles. The first-order valence-electron chi connectivity index (χ1n) is 7.64. The molecule has 3 aromatic rings. The fourth-order valence-electron chi connectivity index (χ4n) is 2.41. The van der Waals surface area contributed by atoms with Gasteiger partial charge in [-0.15, -0.1) is 6.58 Å². The number of hydrogen-bond acceptors (Lipinski definition) is 4. The molecule has 0 aliphatic heterocycles. The van der Waals surface area contributed by atoms with E-state index in [1.165, 1.54) is 36.4 Å². The molecule has 9 heteroatoms. The summed E-state index contributed by atoms with van der Waals surface area (Å²) in [6, 6.07) is 10.5. The molecule has 1 heterocycles. The maximum atomic E-state index is 12.7. The first-order chi connectivity index (χ1) is 12.4. The van der Waals surface area contributed by atoms with E-state index in [2.05, 4.69) is 26.6 Å². The summed E-state index contributed by atoms with van der Waals surface area (Å²) in [5.41, 5.74) is 0.783. The molecule has 0 aliphatic rings. The molecule has 0 atom stereocenters. The number of hydrogen-bond donors (Lipinski definition) is 4. The molecule has 26 heavy (non-hydrogen) atoms. The monoisotopic (exact) mass is 372 g/mol. The summed E-state index contributed by atoms with van der Waals surface area (Å²) < 4.78 is 27.8. The second kappa shape index (κ2) is 6.89. The minimum atomic E-state index is -3.96. The van der Waals surface area contributed by atoms with Crippen LogP contribution in [-0.2, 0) is 10.0 Å². The van der Waals surface area contributed by atoms with Crippen LogP contribution in [-0.4, -0.2) is 30.8 Å². The molecule has 3 rings (SSSR count). The fraction of sp³-hybridized carbons (Fsp3) is 0.0588. The number of carbonyl (C=O) groups is 1. The first kappa shape index (κ1) is 17.5. The topological polar surface area (TPSA) is 124 Å². The summed E-state index contributed by atoms with van der Waals surface area (Å²) in [6.07, 6.45) is 1.53. The molecule has 0 aliphatic carbocycles. The average Bonchev–Trinajstić information content (AvgIpc) is 2.99. The third-order valence-electron chi connectivity index (χ3n) is 3.62. The van der Waals surface area contributed by atoms with E-state index in [1.54, 1.807) is 12.1 Å². The number of amides is 1. The van der Waals surface area contributed by atoms with Crippen molar-refractivity contribution in [1.29, 1.82) is 0 Å². The van der Waals surface area contributed by atoms with Crippen molar-refractivity contribution in [1.82, 2.24) is 15.3 Å². The summed E-state index contributed by atoms with van der Waals surface area (Å²) in [4.78, 5) is 28.5. The predicted octanol–water partition coefficient (Wildman–Crippen LogP) is 1.57. The molecule has 0 saturated heterocycles. The Morgan fingerprint density at radius 2 is 1.85 bits per heavy atom. The third-order valence-corrected chi connectivity index (χ3v) is 4.98. The third kappa shape index (κ3) is 3.52. The van der Waals surface area contributed by atoms with E-state index >= 15 is 0 Å². The normalized spacial score (nSPS) is 11.2. The maximum absolute atomic E-state index is 12.7. The van der Waals surface area contributed by atoms with Crippen LogP contribution in [0.25, 0.3) is 11.0 Å². The highest BCUT2D eigenvalue weighted by molar-refractivity contribution is 7.92. The van der Waals surface area contributed by atoms with Gasteiger partial charge in [0.15, 0.2) is 0 Å². The molecule has 0 unspecified atom stereocenters. The van der Waals surface area contributed by atoms with Crippen molar-refractivity contribution in [2.45, 2.75) is 4.90 Å². The number of aromatic nitrogens is 2. The van der Waals surface area contributed by atoms with Gasteiger partial charge in [0.2, 0.25) is 0 Å². The number of para-hydroxylation sites is 1. The molecular weight excluding hydrogens is 356 g/mol. The van der Waals surface area contributed by atoms with Gasteiger partial charge in [0.25, 0.3) is 15.9 Å². The number of rotatable bonds is 6. The van der Waals surface area contributed by atoms with Crippen LogP contribution in [0, 0.1) is 0 Å². The number of sulfonamides is 1. The minimum absolute atomic E-state index is 0.0402. The smallest absolute Gasteiger partial charge is 0.323 e. The van der Waals surface area contributed by atoms with Gasteiger partial charge < -0.3 is 15.3 Å². The lowest BCUT2D eigenvalue weighted by molar-refractivity contribution is 0.0959. The summed E-state index contributed by atoms with van der Waals surface area (Å²) in [7, 11) is -3.96. The number of anilines is 1. The van der Waals surface area contributed by atoms with E-state index in [4.69, 9.17) is 0 Å². The number of fused-ring (bicyclic) bond motifs is 1. The number of benzene rings is 2. The molecule has 0 radical (unpaired) electrons. The van der Waals surface area contributed by atoms with Crippen molar-refractivity contribution in [3.8, 4) is 0 Å². The summed E-state index contributed by atoms with van der Waals surface area (Å²) in [6.45, 7) is 3.78. The second-order valence-corrected chi connectivity index (χ2v) is 7.12. The van der Waals surface area contributed by atoms with Gasteiger partial charge in [-0.25, -0.2) is 13.2 Å². The second-order valence-electron chi connectivity index (χ2n) is 5.44. The molecule has 1 amide bonds. The Bertz CT molecular complexity index is 1140. The lowest BCUT2D eigenvalue weighted by Gasteiger charge is -2.12. The van der Waals surface area contributed by atoms with Crippen LogP contribution in [0.4, 0.5) is 5.69 Å². The standard InChI is InChI=1S/C17H16N4O4S/c1-2-9-18-16(22)12-5-3-4-6-13(12)21-26(24,25)11-7-8-14-15(10-11)20-17(23)19-14/h2-8,10,21H,1,9H2,(H,18,22)(H2,19,20,23). The average molecular weight is 372 g/mol. The lowest BCUT2D eigenvalue weighted by atomic mass is 10.1. The van der Waals surface area contributed by atoms with Gasteiger partial charge >= 0.3 is 5.69 Å². The zero-order valence-electron chi connectivity index (χ0n) is 13.6. The van der Waals surface area contributed by atoms with E-state index in [9.17, 15) is 18.0 Å². The summed E-state index contributed by atoms with van der Waals surface area (Å²) >= 11 is 0. The molecule has 4 N–H and O–H groups in total. The highest BCUT2D eigenvalue weighted by Crippen LogP contribution is 2.21. The lowest BCUT2D eigenvalue weighted by Crippen LogP contribution is -2.25. The fourth-order valence-corrected chi connectivity index (χ4v) is 3.52. The Hall–Kier alpha value is -3.33. The quantitative estimate of drug-likeness (QED) is 0.490. The van der Waals surface area contributed by atoms with E-state index in [1.807, 2.05) is 0 Å². The van der Waals surface area contributed by atoms with E-state index in [0.717, 1.165) is 0 Å². The Morgan fingerprint density at radius 3 is 2.62 bits per heavy atom. The molecule has 0 spiro atoms. The van der Waals surface area contributed by atoms with Gasteiger partial charge in [-0.2, -0.15) is 0 Å². The van der Waals surface area contributed by atoms with Crippen LogP contribution < -0.4 is 15.7 Å². The summed E-state index contributed by atoms with van der Waals surface area (Å²) in [5, 5.41) is 2.61. The zero-order chi connectivity index (χ0) is 18.7. The van der Waals surface area contributed by atoms with Crippen molar-refractivity contribution in [3.63, 3.8) is 0 Å². The molecule has 8 nitrogen and oxygen atoms in total. The number of nitrogens with one attached hydrogen (secondary N) is 4. The van der Waals surface area contributed by atoms with Crippen molar-refractivity contribution >= 4 is 32.7 Å². The van der Waals surface area contributed by atoms with Crippen molar-refractivity contribution in [3.05, 3.63) is 71.2 Å². The predicted molar refractivity (Wildman–Crippen MR) is 98.7 cm³/mol. The first-order valence-corrected chi connectivity index (χ1v) is 9.12. The zero-order valence-corrected chi connectivity index (χ0v) is 14.4. The summed E-state index contributed by atoms with van der Waals surface area (Å²) in [5.74, 6) is -0.423. The van der Waals surface area contributed by atoms with Gasteiger partial charge in [0, 0.05) is 6.54 Å². The molecule has 2 aromatic carbocycles. The SMILES string of the molecule is C=CCNC(=O)c1ccccc1NS(=O)(=O)c1ccc2[nH]c(=O)[nH]c2c1. The van der Waals surface area contributed by atoms with Crippen molar-refractivity contribution in [2.75, 3.05) is 11.3 Å². The van der Waals surface area contributed by atoms with Gasteiger partial charge in [0.1, 0.15) is 0 Å². The minimum Gasteiger partial charge on any atom is -0.349 e. The molecule has 0 bridgehead atoms. The van der Waals surface area contributed by atoms with Crippen molar-refractivity contribution < 1.29 is 13.2 Å². The van der Waals surface area contributed by atoms with E-state index in [0.29, 0.717) is 11.0 Å². The molecule has 134 valence electrons. The number of aromatic amines is 2. The highest BCUT2D eigenvalue weighted by Gasteiger charge is 2.19. The maximum Gasteiger partial charge on any atom is 0.323 e. The number of carbonyl (C=O) groups excluding carboxylic acids is 1. The Kier molecular flexibility index (Phi) is 4.63. The van der Waals surface area contributed by atoms with Gasteiger partial charge in [-0.05, 0) is 30.3 Å². The van der Waals surface area contributed by atoms with Gasteiger partial charge in [0.05, 0.1) is 27.2 Å². The van der Waals surface area contributed by atoms with Crippen LogP contribution in [0.15, 0.2) is 64.8 Å². The molecule has 0 saturated carbocycles. The Balaban J connectivity index is 1.95. The van der Waals surface area contributed by atoms with Crippen LogP contribution in [0.2, 0.25) is 0 Å². The molecule has 0 fully saturated rings. The van der Waals surface area contributed by atoms with Gasteiger partial charge in [-0.1, -0.05) is 18.2 Å².